The molecule has 0 aromatic rings. The van der Waals surface area contributed by atoms with Crippen molar-refractivity contribution in [1.82, 2.24) is 13.9 Å². The first-order valence-electron chi connectivity index (χ1n) is 6.85. The maximum absolute atomic E-state index is 12.4. The van der Waals surface area contributed by atoms with Crippen LogP contribution < -0.4 is 5.32 Å². The Kier molecular flexibility index (Phi) is 6.19. The van der Waals surface area contributed by atoms with E-state index in [9.17, 15) is 8.42 Å². The van der Waals surface area contributed by atoms with Gasteiger partial charge in [0.15, 0.2) is 0 Å². The maximum Gasteiger partial charge on any atom is 0.281 e. The van der Waals surface area contributed by atoms with Gasteiger partial charge in [-0.25, -0.2) is 0 Å². The van der Waals surface area contributed by atoms with Crippen molar-refractivity contribution in [2.45, 2.75) is 32.8 Å². The van der Waals surface area contributed by atoms with E-state index < -0.39 is 15.8 Å². The Morgan fingerprint density at radius 2 is 2.11 bits per heavy atom. The number of rotatable bonds is 7. The fraction of sp³-hybridized carbons (Fsp3) is 1.00. The second-order valence-corrected chi connectivity index (χ2v) is 7.51. The summed E-state index contributed by atoms with van der Waals surface area (Å²) in [6.07, 6.45) is 0.817. The topological polar surface area (TPSA) is 61.9 Å². The van der Waals surface area contributed by atoms with Crippen molar-refractivity contribution in [3.8, 4) is 0 Å². The van der Waals surface area contributed by atoms with Crippen LogP contribution in [-0.2, 0) is 14.9 Å². The molecular weight excluding hydrogens is 266 g/mol. The van der Waals surface area contributed by atoms with Gasteiger partial charge in [-0.15, -0.1) is 0 Å². The minimum absolute atomic E-state index is 0.407. The average molecular weight is 293 g/mol. The molecule has 0 unspecified atom stereocenters. The Hall–Kier alpha value is -0.210. The van der Waals surface area contributed by atoms with E-state index in [-0.39, 0.29) is 0 Å². The van der Waals surface area contributed by atoms with Gasteiger partial charge in [-0.2, -0.15) is 17.0 Å². The Bertz CT molecular complexity index is 370. The molecule has 0 aromatic heterocycles. The van der Waals surface area contributed by atoms with Crippen molar-refractivity contribution in [2.24, 2.45) is 0 Å². The highest BCUT2D eigenvalue weighted by Crippen LogP contribution is 2.20. The molecule has 0 bridgehead atoms. The smallest absolute Gasteiger partial charge is 0.281 e. The standard InChI is InChI=1S/C12H27N3O3S/c1-5-13-7-6-8-14(4)19(16,17)15-9-10-18-12(2,3)11-15/h13H,5-11H2,1-4H3. The molecule has 1 N–H and O–H groups in total. The maximum atomic E-state index is 12.4. The van der Waals surface area contributed by atoms with Crippen molar-refractivity contribution >= 4 is 10.2 Å². The molecule has 19 heavy (non-hydrogen) atoms. The Morgan fingerprint density at radius 3 is 2.68 bits per heavy atom. The lowest BCUT2D eigenvalue weighted by molar-refractivity contribution is -0.0650. The Morgan fingerprint density at radius 1 is 1.42 bits per heavy atom. The van der Waals surface area contributed by atoms with Crippen molar-refractivity contribution in [1.29, 1.82) is 0 Å². The van der Waals surface area contributed by atoms with Gasteiger partial charge >= 0.3 is 0 Å². The molecule has 0 aromatic carbocycles. The molecule has 0 aliphatic carbocycles. The zero-order valence-electron chi connectivity index (χ0n) is 12.5. The van der Waals surface area contributed by atoms with Gasteiger partial charge in [-0.3, -0.25) is 0 Å². The molecule has 1 saturated heterocycles. The van der Waals surface area contributed by atoms with Crippen LogP contribution in [0.2, 0.25) is 0 Å². The van der Waals surface area contributed by atoms with Gasteiger partial charge in [0.25, 0.3) is 10.2 Å². The molecule has 0 amide bonds. The van der Waals surface area contributed by atoms with Crippen LogP contribution in [0.4, 0.5) is 0 Å². The predicted molar refractivity (Wildman–Crippen MR) is 76.3 cm³/mol. The highest BCUT2D eigenvalue weighted by atomic mass is 32.2. The summed E-state index contributed by atoms with van der Waals surface area (Å²) < 4.78 is 33.3. The second-order valence-electron chi connectivity index (χ2n) is 5.48. The molecule has 1 heterocycles. The van der Waals surface area contributed by atoms with Crippen LogP contribution in [0.1, 0.15) is 27.2 Å². The van der Waals surface area contributed by atoms with Crippen molar-refractivity contribution < 1.29 is 13.2 Å². The van der Waals surface area contributed by atoms with E-state index in [2.05, 4.69) is 5.32 Å². The van der Waals surface area contributed by atoms with Gasteiger partial charge in [0.2, 0.25) is 0 Å². The summed E-state index contributed by atoms with van der Waals surface area (Å²) in [6.45, 7) is 9.45. The third-order valence-corrected chi connectivity index (χ3v) is 5.12. The highest BCUT2D eigenvalue weighted by Gasteiger charge is 2.35. The number of nitrogens with zero attached hydrogens (tertiary/aromatic N) is 2. The predicted octanol–water partition coefficient (Wildman–Crippen LogP) is 0.273. The minimum atomic E-state index is -3.36. The highest BCUT2D eigenvalue weighted by molar-refractivity contribution is 7.86. The van der Waals surface area contributed by atoms with E-state index in [4.69, 9.17) is 4.74 Å². The van der Waals surface area contributed by atoms with Gasteiger partial charge in [-0.05, 0) is 33.4 Å². The summed E-state index contributed by atoms with van der Waals surface area (Å²) in [6, 6.07) is 0. The van der Waals surface area contributed by atoms with Gasteiger partial charge in [-0.1, -0.05) is 6.92 Å². The van der Waals surface area contributed by atoms with Crippen LogP contribution in [0, 0.1) is 0 Å². The fourth-order valence-electron chi connectivity index (χ4n) is 2.09. The Balaban J connectivity index is 2.54. The normalized spacial score (nSPS) is 20.9. The third kappa shape index (κ3) is 5.00. The third-order valence-electron chi connectivity index (χ3n) is 3.19. The van der Waals surface area contributed by atoms with Crippen LogP contribution in [-0.4, -0.2) is 69.0 Å². The van der Waals surface area contributed by atoms with Gasteiger partial charge in [0.05, 0.1) is 12.2 Å². The van der Waals surface area contributed by atoms with Gasteiger partial charge in [0.1, 0.15) is 0 Å². The van der Waals surface area contributed by atoms with Crippen molar-refractivity contribution in [3.05, 3.63) is 0 Å². The van der Waals surface area contributed by atoms with Crippen molar-refractivity contribution in [3.63, 3.8) is 0 Å². The van der Waals surface area contributed by atoms with E-state index >= 15 is 0 Å². The SMILES string of the molecule is CCNCCCN(C)S(=O)(=O)N1CCOC(C)(C)C1. The van der Waals surface area contributed by atoms with Crippen LogP contribution >= 0.6 is 0 Å². The summed E-state index contributed by atoms with van der Waals surface area (Å²) in [5.41, 5.74) is -0.407. The number of ether oxygens (including phenoxy) is 1. The summed E-state index contributed by atoms with van der Waals surface area (Å²) >= 11 is 0. The van der Waals surface area contributed by atoms with Gasteiger partial charge in [0, 0.05) is 26.7 Å². The molecule has 114 valence electrons. The largest absolute Gasteiger partial charge is 0.373 e. The van der Waals surface area contributed by atoms with Gasteiger partial charge < -0.3 is 10.1 Å². The first-order valence-corrected chi connectivity index (χ1v) is 8.25. The summed E-state index contributed by atoms with van der Waals surface area (Å²) in [5, 5.41) is 3.19. The van der Waals surface area contributed by atoms with Crippen LogP contribution in [0.25, 0.3) is 0 Å². The zero-order chi connectivity index (χ0) is 14.5. The van der Waals surface area contributed by atoms with Crippen molar-refractivity contribution in [2.75, 3.05) is 46.4 Å². The summed E-state index contributed by atoms with van der Waals surface area (Å²) in [5.74, 6) is 0. The van der Waals surface area contributed by atoms with E-state index in [1.54, 1.807) is 7.05 Å². The molecule has 1 aliphatic heterocycles. The van der Waals surface area contributed by atoms with Crippen LogP contribution in [0.3, 0.4) is 0 Å². The number of nitrogens with one attached hydrogen (secondary N) is 1. The molecule has 6 nitrogen and oxygen atoms in total. The molecule has 0 radical (unpaired) electrons. The van der Waals surface area contributed by atoms with Crippen LogP contribution in [0.15, 0.2) is 0 Å². The minimum Gasteiger partial charge on any atom is -0.373 e. The lowest BCUT2D eigenvalue weighted by Gasteiger charge is -2.38. The lowest BCUT2D eigenvalue weighted by Crippen LogP contribution is -2.54. The number of morpholine rings is 1. The molecule has 0 spiro atoms. The zero-order valence-corrected chi connectivity index (χ0v) is 13.3. The first kappa shape index (κ1) is 16.8. The summed E-state index contributed by atoms with van der Waals surface area (Å²) in [7, 11) is -1.72. The second kappa shape index (κ2) is 6.99. The Labute approximate surface area is 117 Å². The monoisotopic (exact) mass is 293 g/mol. The first-order chi connectivity index (χ1) is 8.79. The molecule has 1 fully saturated rings. The fourth-order valence-corrected chi connectivity index (χ4v) is 3.62. The van der Waals surface area contributed by atoms with Crippen LogP contribution in [0.5, 0.6) is 0 Å². The van der Waals surface area contributed by atoms with E-state index in [0.29, 0.717) is 26.2 Å². The number of hydrogen-bond acceptors (Lipinski definition) is 4. The molecule has 0 saturated carbocycles. The van der Waals surface area contributed by atoms with E-state index in [1.807, 2.05) is 20.8 Å². The molecule has 1 aliphatic rings. The number of hydrogen-bond donors (Lipinski definition) is 1. The molecule has 0 atom stereocenters. The average Bonchev–Trinajstić information content (AvgIpc) is 2.33. The molecule has 1 rings (SSSR count). The molecule has 7 heteroatoms. The quantitative estimate of drug-likeness (QED) is 0.685. The lowest BCUT2D eigenvalue weighted by atomic mass is 10.1. The molecular formula is C12H27N3O3S. The van der Waals surface area contributed by atoms with E-state index in [1.165, 1.54) is 8.61 Å². The van der Waals surface area contributed by atoms with E-state index in [0.717, 1.165) is 19.5 Å². The summed E-state index contributed by atoms with van der Waals surface area (Å²) in [4.78, 5) is 0.